The van der Waals surface area contributed by atoms with E-state index in [4.69, 9.17) is 10.00 Å². The number of hydrogen-bond donors (Lipinski definition) is 1. The molecule has 0 fully saturated rings. The van der Waals surface area contributed by atoms with Crippen molar-refractivity contribution >= 4 is 0 Å². The molecule has 0 aliphatic heterocycles. The molecule has 0 saturated heterocycles. The molecule has 18 heavy (non-hydrogen) atoms. The molecule has 2 rings (SSSR count). The molecule has 3 heteroatoms. The van der Waals surface area contributed by atoms with Crippen molar-refractivity contribution in [3.8, 4) is 23.1 Å². The van der Waals surface area contributed by atoms with Crippen molar-refractivity contribution in [1.29, 1.82) is 5.26 Å². The number of hydrogen-bond acceptors (Lipinski definition) is 2. The van der Waals surface area contributed by atoms with Crippen LogP contribution in [-0.2, 0) is 0 Å². The topological polar surface area (TPSA) is 48.8 Å². The van der Waals surface area contributed by atoms with Crippen molar-refractivity contribution in [2.45, 2.75) is 26.9 Å². The van der Waals surface area contributed by atoms with E-state index in [1.54, 1.807) is 0 Å². The van der Waals surface area contributed by atoms with Gasteiger partial charge in [0.2, 0.25) is 0 Å². The van der Waals surface area contributed by atoms with E-state index in [9.17, 15) is 0 Å². The zero-order chi connectivity index (χ0) is 13.1. The molecule has 0 radical (unpaired) electrons. The van der Waals surface area contributed by atoms with Gasteiger partial charge in [0.1, 0.15) is 11.8 Å². The fourth-order valence-electron chi connectivity index (χ4n) is 1.84. The van der Waals surface area contributed by atoms with Crippen LogP contribution in [0.25, 0.3) is 11.3 Å². The summed E-state index contributed by atoms with van der Waals surface area (Å²) in [5.74, 6) is 0.841. The van der Waals surface area contributed by atoms with Crippen LogP contribution in [-0.4, -0.2) is 11.1 Å². The summed E-state index contributed by atoms with van der Waals surface area (Å²) in [4.78, 5) is 3.21. The zero-order valence-corrected chi connectivity index (χ0v) is 10.8. The number of aryl methyl sites for hydroxylation is 1. The number of aromatic nitrogens is 1. The van der Waals surface area contributed by atoms with Crippen LogP contribution in [0.15, 0.2) is 30.3 Å². The maximum Gasteiger partial charge on any atom is 0.120 e. The molecular formula is C15H18N2O. The Balaban J connectivity index is 0.00000180. The Kier molecular flexibility index (Phi) is 3.38. The summed E-state index contributed by atoms with van der Waals surface area (Å²) in [6.45, 7) is 5.90. The summed E-state index contributed by atoms with van der Waals surface area (Å²) in [5, 5.41) is 8.96. The lowest BCUT2D eigenvalue weighted by Gasteiger charge is -2.10. The third-order valence-corrected chi connectivity index (χ3v) is 2.65. The summed E-state index contributed by atoms with van der Waals surface area (Å²) >= 11 is 0. The second-order valence-electron chi connectivity index (χ2n) is 4.53. The average molecular weight is 242 g/mol. The lowest BCUT2D eigenvalue weighted by atomic mass is 10.1. The number of nitrogens with zero attached hydrogens (tertiary/aromatic N) is 1. The molecular weight excluding hydrogens is 224 g/mol. The first-order valence-corrected chi connectivity index (χ1v) is 5.97. The molecule has 2 aromatic rings. The van der Waals surface area contributed by atoms with Crippen molar-refractivity contribution in [2.24, 2.45) is 0 Å². The average Bonchev–Trinajstić information content (AvgIpc) is 2.70. The molecule has 1 heterocycles. The normalized spacial score (nSPS) is 10.4. The third-order valence-electron chi connectivity index (χ3n) is 2.65. The van der Waals surface area contributed by atoms with E-state index in [1.807, 2.05) is 51.1 Å². The molecule has 1 aromatic heterocycles. The summed E-state index contributed by atoms with van der Waals surface area (Å²) < 4.78 is 5.66. The molecule has 0 aliphatic rings. The summed E-state index contributed by atoms with van der Waals surface area (Å²) in [6.07, 6.45) is 0.153. The fourth-order valence-corrected chi connectivity index (χ4v) is 1.84. The van der Waals surface area contributed by atoms with E-state index in [0.29, 0.717) is 5.56 Å². The quantitative estimate of drug-likeness (QED) is 0.887. The number of nitriles is 1. The van der Waals surface area contributed by atoms with E-state index in [0.717, 1.165) is 22.7 Å². The number of rotatable bonds is 3. The SMILES string of the molecule is Cc1[nH]c(-c2cccc(OC(C)C)c2)cc1C#N.[HH]. The summed E-state index contributed by atoms with van der Waals surface area (Å²) in [7, 11) is 0. The minimum Gasteiger partial charge on any atom is -0.491 e. The predicted octanol–water partition coefficient (Wildman–Crippen LogP) is 3.90. The highest BCUT2D eigenvalue weighted by molar-refractivity contribution is 5.64. The van der Waals surface area contributed by atoms with Crippen LogP contribution in [0.5, 0.6) is 5.75 Å². The first-order valence-electron chi connectivity index (χ1n) is 5.97. The molecule has 0 unspecified atom stereocenters. The van der Waals surface area contributed by atoms with Crippen LogP contribution >= 0.6 is 0 Å². The number of ether oxygens (including phenoxy) is 1. The van der Waals surface area contributed by atoms with Gasteiger partial charge >= 0.3 is 0 Å². The van der Waals surface area contributed by atoms with Gasteiger partial charge in [0.25, 0.3) is 0 Å². The van der Waals surface area contributed by atoms with Gasteiger partial charge in [0.05, 0.1) is 11.7 Å². The van der Waals surface area contributed by atoms with E-state index >= 15 is 0 Å². The number of H-pyrrole nitrogens is 1. The summed E-state index contributed by atoms with van der Waals surface area (Å²) in [5.41, 5.74) is 3.54. The summed E-state index contributed by atoms with van der Waals surface area (Å²) in [6, 6.07) is 11.9. The zero-order valence-electron chi connectivity index (χ0n) is 10.8. The largest absolute Gasteiger partial charge is 0.491 e. The Morgan fingerprint density at radius 1 is 1.33 bits per heavy atom. The molecule has 94 valence electrons. The molecule has 1 aromatic carbocycles. The second kappa shape index (κ2) is 4.97. The van der Waals surface area contributed by atoms with Gasteiger partial charge < -0.3 is 9.72 Å². The van der Waals surface area contributed by atoms with Gasteiger partial charge in [0.15, 0.2) is 0 Å². The van der Waals surface area contributed by atoms with Gasteiger partial charge in [-0.3, -0.25) is 0 Å². The van der Waals surface area contributed by atoms with Crippen LogP contribution in [0.2, 0.25) is 0 Å². The van der Waals surface area contributed by atoms with Crippen LogP contribution in [0, 0.1) is 18.3 Å². The van der Waals surface area contributed by atoms with E-state index in [2.05, 4.69) is 11.1 Å². The van der Waals surface area contributed by atoms with Gasteiger partial charge in [-0.15, -0.1) is 0 Å². The molecule has 0 bridgehead atoms. The van der Waals surface area contributed by atoms with Crippen LogP contribution in [0.4, 0.5) is 0 Å². The Labute approximate surface area is 109 Å². The highest BCUT2D eigenvalue weighted by Gasteiger charge is 2.07. The molecule has 0 spiro atoms. The van der Waals surface area contributed by atoms with Gasteiger partial charge in [-0.2, -0.15) is 5.26 Å². The molecule has 0 aliphatic carbocycles. The monoisotopic (exact) mass is 242 g/mol. The first kappa shape index (κ1) is 12.3. The Hall–Kier alpha value is -2.21. The van der Waals surface area contributed by atoms with E-state index in [-0.39, 0.29) is 7.53 Å². The maximum absolute atomic E-state index is 8.96. The van der Waals surface area contributed by atoms with Crippen molar-refractivity contribution in [2.75, 3.05) is 0 Å². The van der Waals surface area contributed by atoms with Crippen LogP contribution in [0.3, 0.4) is 0 Å². The van der Waals surface area contributed by atoms with Gasteiger partial charge in [0, 0.05) is 18.4 Å². The van der Waals surface area contributed by atoms with Gasteiger partial charge in [-0.1, -0.05) is 12.1 Å². The predicted molar refractivity (Wildman–Crippen MR) is 73.6 cm³/mol. The standard InChI is InChI=1S/C15H16N2O.H2/c1-10(2)18-14-6-4-5-12(7-14)15-8-13(9-16)11(3)17-15;/h4-8,10,17H,1-3H3;1H. The molecule has 0 amide bonds. The van der Waals surface area contributed by atoms with Crippen molar-refractivity contribution in [1.82, 2.24) is 4.98 Å². The van der Waals surface area contributed by atoms with E-state index in [1.165, 1.54) is 0 Å². The minimum absolute atomic E-state index is 0. The van der Waals surface area contributed by atoms with Crippen molar-refractivity contribution in [3.05, 3.63) is 41.6 Å². The lowest BCUT2D eigenvalue weighted by Crippen LogP contribution is -2.05. The number of benzene rings is 1. The first-order chi connectivity index (χ1) is 8.60. The van der Waals surface area contributed by atoms with Gasteiger partial charge in [-0.05, 0) is 39.0 Å². The molecule has 0 atom stereocenters. The molecule has 0 saturated carbocycles. The number of nitrogens with one attached hydrogen (secondary N) is 1. The fraction of sp³-hybridized carbons (Fsp3) is 0.267. The molecule has 1 N–H and O–H groups in total. The Bertz CT molecular complexity index is 596. The molecule has 3 nitrogen and oxygen atoms in total. The minimum atomic E-state index is 0. The third kappa shape index (κ3) is 2.54. The Morgan fingerprint density at radius 3 is 2.72 bits per heavy atom. The Morgan fingerprint density at radius 2 is 2.11 bits per heavy atom. The van der Waals surface area contributed by atoms with Crippen LogP contribution in [0.1, 0.15) is 26.5 Å². The van der Waals surface area contributed by atoms with Crippen molar-refractivity contribution < 1.29 is 6.16 Å². The highest BCUT2D eigenvalue weighted by atomic mass is 16.5. The van der Waals surface area contributed by atoms with Crippen molar-refractivity contribution in [3.63, 3.8) is 0 Å². The second-order valence-corrected chi connectivity index (χ2v) is 4.53. The van der Waals surface area contributed by atoms with E-state index < -0.39 is 0 Å². The smallest absolute Gasteiger partial charge is 0.120 e. The van der Waals surface area contributed by atoms with Gasteiger partial charge in [-0.25, -0.2) is 0 Å². The van der Waals surface area contributed by atoms with Crippen LogP contribution < -0.4 is 4.74 Å². The lowest BCUT2D eigenvalue weighted by molar-refractivity contribution is 0.242. The highest BCUT2D eigenvalue weighted by Crippen LogP contribution is 2.25. The number of aromatic amines is 1. The maximum atomic E-state index is 8.96.